The number of hydrogen-bond acceptors (Lipinski definition) is 2. The van der Waals surface area contributed by atoms with Crippen LogP contribution in [0.2, 0.25) is 0 Å². The van der Waals surface area contributed by atoms with Crippen LogP contribution in [0.4, 0.5) is 22.7 Å². The van der Waals surface area contributed by atoms with Gasteiger partial charge in [0.25, 0.3) is 0 Å². The fourth-order valence-corrected chi connectivity index (χ4v) is 10.0. The molecule has 0 saturated heterocycles. The Morgan fingerprint density at radius 1 is 0.490 bits per heavy atom. The number of benzene rings is 5. The summed E-state index contributed by atoms with van der Waals surface area (Å²) in [6.45, 7) is 11.9. The molecule has 250 valence electrons. The van der Waals surface area contributed by atoms with Crippen LogP contribution in [0.5, 0.6) is 0 Å². The summed E-state index contributed by atoms with van der Waals surface area (Å²) in [7, 11) is 0. The largest absolute Gasteiger partial charge is 0.357 e. The molecule has 0 fully saturated rings. The van der Waals surface area contributed by atoms with E-state index in [1.807, 2.05) is 0 Å². The lowest BCUT2D eigenvalue weighted by molar-refractivity contribution is 0.530. The van der Waals surface area contributed by atoms with Gasteiger partial charge in [-0.25, -0.2) is 0 Å². The summed E-state index contributed by atoms with van der Waals surface area (Å²) in [4.78, 5) is 5.19. The molecule has 1 heterocycles. The first-order valence-electron chi connectivity index (χ1n) is 18.6. The van der Waals surface area contributed by atoms with Crippen LogP contribution in [0.3, 0.4) is 0 Å². The van der Waals surface area contributed by atoms with Gasteiger partial charge in [-0.05, 0) is 98.5 Å². The molecule has 4 atom stereocenters. The molecule has 5 aliphatic rings. The van der Waals surface area contributed by atoms with E-state index >= 15 is 0 Å². The van der Waals surface area contributed by atoms with E-state index in [4.69, 9.17) is 0 Å². The van der Waals surface area contributed by atoms with E-state index in [9.17, 15) is 0 Å². The molecule has 0 spiro atoms. The zero-order valence-electron chi connectivity index (χ0n) is 30.1. The second kappa shape index (κ2) is 10.8. The Bertz CT molecular complexity index is 2270. The molecule has 2 heteroatoms. The third kappa shape index (κ3) is 4.29. The quantitative estimate of drug-likeness (QED) is 0.189. The fourth-order valence-electron chi connectivity index (χ4n) is 10.0. The molecule has 0 amide bonds. The van der Waals surface area contributed by atoms with Crippen molar-refractivity contribution in [3.8, 4) is 22.3 Å². The molecule has 51 heavy (non-hydrogen) atoms. The molecule has 2 nitrogen and oxygen atoms in total. The summed E-state index contributed by atoms with van der Waals surface area (Å²) in [5, 5.41) is 0. The molecule has 0 saturated carbocycles. The minimum atomic E-state index is -0.0846. The maximum absolute atomic E-state index is 2.67. The summed E-state index contributed by atoms with van der Waals surface area (Å²) in [6, 6.07) is 40.1. The van der Waals surface area contributed by atoms with E-state index in [2.05, 4.69) is 196 Å². The smallest absolute Gasteiger partial charge is 0.0586 e. The van der Waals surface area contributed by atoms with Gasteiger partial charge in [0, 0.05) is 39.5 Å². The first-order chi connectivity index (χ1) is 24.7. The first kappa shape index (κ1) is 30.5. The molecular weight excluding hydrogens is 617 g/mol. The van der Waals surface area contributed by atoms with Gasteiger partial charge in [0.05, 0.1) is 12.1 Å². The molecule has 0 aromatic heterocycles. The molecule has 5 aromatic carbocycles. The van der Waals surface area contributed by atoms with E-state index in [0.717, 1.165) is 0 Å². The van der Waals surface area contributed by atoms with Crippen molar-refractivity contribution in [1.82, 2.24) is 0 Å². The molecule has 0 N–H and O–H groups in total. The van der Waals surface area contributed by atoms with Crippen molar-refractivity contribution < 1.29 is 0 Å². The maximum atomic E-state index is 2.67. The SMILES string of the molecule is CC1C=CC=CC1N1c2ccc(N(c3ccc4c(c3)C(C)(C)c3ccccc3-4)c3ccc4c(c3)C(C)(C)c3ccccc3-4)cc2C2C=CC=CC21. The third-order valence-corrected chi connectivity index (χ3v) is 12.7. The first-order valence-corrected chi connectivity index (χ1v) is 18.6. The molecule has 10 rings (SSSR count). The van der Waals surface area contributed by atoms with Crippen molar-refractivity contribution in [3.63, 3.8) is 0 Å². The van der Waals surface area contributed by atoms with Crippen molar-refractivity contribution >= 4 is 22.7 Å². The van der Waals surface area contributed by atoms with Gasteiger partial charge in [0.1, 0.15) is 0 Å². The molecular formula is C49H44N2. The Morgan fingerprint density at radius 2 is 0.980 bits per heavy atom. The molecule has 0 bridgehead atoms. The van der Waals surface area contributed by atoms with Crippen LogP contribution in [-0.4, -0.2) is 12.1 Å². The highest BCUT2D eigenvalue weighted by Gasteiger charge is 2.42. The Labute approximate surface area is 302 Å². The Morgan fingerprint density at radius 3 is 1.59 bits per heavy atom. The lowest BCUT2D eigenvalue weighted by Gasteiger charge is -2.38. The summed E-state index contributed by atoms with van der Waals surface area (Å²) in [5.41, 5.74) is 17.2. The normalized spacial score (nSPS) is 23.4. The van der Waals surface area contributed by atoms with E-state index in [0.29, 0.717) is 23.9 Å². The second-order valence-electron chi connectivity index (χ2n) is 16.2. The number of allylic oxidation sites excluding steroid dienone is 4. The van der Waals surface area contributed by atoms with Gasteiger partial charge in [-0.3, -0.25) is 0 Å². The molecule has 1 aliphatic heterocycles. The zero-order chi connectivity index (χ0) is 34.6. The highest BCUT2D eigenvalue weighted by Crippen LogP contribution is 2.54. The fraction of sp³-hybridized carbons (Fsp3) is 0.224. The second-order valence-corrected chi connectivity index (χ2v) is 16.2. The van der Waals surface area contributed by atoms with Crippen LogP contribution < -0.4 is 9.80 Å². The Balaban J connectivity index is 1.16. The van der Waals surface area contributed by atoms with Crippen molar-refractivity contribution in [2.24, 2.45) is 5.92 Å². The van der Waals surface area contributed by atoms with Gasteiger partial charge in [-0.15, -0.1) is 0 Å². The van der Waals surface area contributed by atoms with Gasteiger partial charge < -0.3 is 9.80 Å². The standard InChI is InChI=1S/C49H44N2/c1-31-14-6-12-20-45(31)51-46-21-13-9-17-39(46)40-28-32(24-27-47(40)51)50(33-22-25-37-35-15-7-10-18-41(35)48(2,3)43(37)29-33)34-23-26-38-36-16-8-11-19-42(36)49(4,5)44(38)30-34/h6-31,39,45-46H,1-5H3. The summed E-state index contributed by atoms with van der Waals surface area (Å²) >= 11 is 0. The summed E-state index contributed by atoms with van der Waals surface area (Å²) in [6.07, 6.45) is 18.4. The Kier molecular flexibility index (Phi) is 6.47. The summed E-state index contributed by atoms with van der Waals surface area (Å²) < 4.78 is 0. The molecule has 4 unspecified atom stereocenters. The molecule has 5 aromatic rings. The minimum Gasteiger partial charge on any atom is -0.357 e. The highest BCUT2D eigenvalue weighted by molar-refractivity contribution is 5.89. The average Bonchev–Trinajstić information content (AvgIpc) is 3.69. The van der Waals surface area contributed by atoms with Crippen LogP contribution in [0.15, 0.2) is 152 Å². The molecule has 4 aliphatic carbocycles. The lowest BCUT2D eigenvalue weighted by atomic mass is 9.82. The van der Waals surface area contributed by atoms with E-state index in [1.54, 1.807) is 0 Å². The minimum absolute atomic E-state index is 0.0846. The molecule has 0 radical (unpaired) electrons. The Hall–Kier alpha value is -5.34. The van der Waals surface area contributed by atoms with Crippen molar-refractivity contribution in [3.05, 3.63) is 180 Å². The highest BCUT2D eigenvalue weighted by atomic mass is 15.2. The third-order valence-electron chi connectivity index (χ3n) is 12.7. The van der Waals surface area contributed by atoms with Crippen molar-refractivity contribution in [2.45, 2.75) is 63.5 Å². The van der Waals surface area contributed by atoms with E-state index in [1.165, 1.54) is 72.8 Å². The lowest BCUT2D eigenvalue weighted by Crippen LogP contribution is -2.44. The number of fused-ring (bicyclic) bond motifs is 9. The van der Waals surface area contributed by atoms with Gasteiger partial charge in [0.2, 0.25) is 0 Å². The monoisotopic (exact) mass is 660 g/mol. The van der Waals surface area contributed by atoms with E-state index in [-0.39, 0.29) is 10.8 Å². The van der Waals surface area contributed by atoms with Gasteiger partial charge in [-0.2, -0.15) is 0 Å². The van der Waals surface area contributed by atoms with Crippen LogP contribution in [0.1, 0.15) is 68.4 Å². The van der Waals surface area contributed by atoms with E-state index < -0.39 is 0 Å². The van der Waals surface area contributed by atoms with Crippen LogP contribution >= 0.6 is 0 Å². The number of anilines is 4. The van der Waals surface area contributed by atoms with Crippen LogP contribution in [0, 0.1) is 5.92 Å². The topological polar surface area (TPSA) is 6.48 Å². The predicted octanol–water partition coefficient (Wildman–Crippen LogP) is 12.3. The van der Waals surface area contributed by atoms with Gasteiger partial charge in [-0.1, -0.05) is 144 Å². The number of hydrogen-bond donors (Lipinski definition) is 0. The predicted molar refractivity (Wildman–Crippen MR) is 215 cm³/mol. The zero-order valence-corrected chi connectivity index (χ0v) is 30.1. The van der Waals surface area contributed by atoms with Crippen LogP contribution in [0.25, 0.3) is 22.3 Å². The van der Waals surface area contributed by atoms with Gasteiger partial charge >= 0.3 is 0 Å². The summed E-state index contributed by atoms with van der Waals surface area (Å²) in [5.74, 6) is 0.745. The number of rotatable bonds is 4. The average molecular weight is 661 g/mol. The van der Waals surface area contributed by atoms with Crippen molar-refractivity contribution in [2.75, 3.05) is 9.80 Å². The van der Waals surface area contributed by atoms with Crippen molar-refractivity contribution in [1.29, 1.82) is 0 Å². The maximum Gasteiger partial charge on any atom is 0.0586 e. The van der Waals surface area contributed by atoms with Crippen LogP contribution in [-0.2, 0) is 10.8 Å². The number of nitrogens with zero attached hydrogens (tertiary/aromatic N) is 2. The van der Waals surface area contributed by atoms with Gasteiger partial charge in [0.15, 0.2) is 0 Å².